The molecule has 0 bridgehead atoms. The molecular formula is C27H36N4O3. The highest BCUT2D eigenvalue weighted by atomic mass is 16.5. The van der Waals surface area contributed by atoms with Gasteiger partial charge in [-0.25, -0.2) is 4.98 Å². The topological polar surface area (TPSA) is 76.5 Å². The van der Waals surface area contributed by atoms with Crippen molar-refractivity contribution in [1.29, 1.82) is 0 Å². The van der Waals surface area contributed by atoms with Crippen LogP contribution < -0.4 is 5.32 Å². The van der Waals surface area contributed by atoms with Gasteiger partial charge in [0.05, 0.1) is 25.2 Å². The number of carbonyl (C=O) groups excluding carboxylic acids is 2. The molecule has 0 radical (unpaired) electrons. The van der Waals surface area contributed by atoms with Gasteiger partial charge in [-0.15, -0.1) is 0 Å². The van der Waals surface area contributed by atoms with Crippen LogP contribution in [0.2, 0.25) is 0 Å². The lowest BCUT2D eigenvalue weighted by atomic mass is 9.93. The summed E-state index contributed by atoms with van der Waals surface area (Å²) in [5.41, 5.74) is 2.47. The smallest absolute Gasteiger partial charge is 0.274 e. The molecule has 1 aromatic carbocycles. The molecule has 1 atom stereocenters. The molecule has 1 N–H and O–H groups in total. The summed E-state index contributed by atoms with van der Waals surface area (Å²) in [7, 11) is 0. The second-order valence-electron chi connectivity index (χ2n) is 10.0. The fourth-order valence-electron chi connectivity index (χ4n) is 5.59. The molecule has 0 spiro atoms. The van der Waals surface area contributed by atoms with E-state index >= 15 is 0 Å². The summed E-state index contributed by atoms with van der Waals surface area (Å²) in [6, 6.07) is 10.5. The van der Waals surface area contributed by atoms with Gasteiger partial charge in [0.25, 0.3) is 5.91 Å². The van der Waals surface area contributed by atoms with Crippen LogP contribution in [0.4, 0.5) is 0 Å². The van der Waals surface area contributed by atoms with E-state index in [0.29, 0.717) is 50.8 Å². The molecule has 1 aliphatic carbocycles. The number of amides is 2. The SMILES string of the molecule is O=C(NC1CCCCCCC1)C1CCN(C(=O)c2ncn3c2CO[C@H](c2ccccc2)C3)CC1. The number of hydrogen-bond acceptors (Lipinski definition) is 4. The van der Waals surface area contributed by atoms with Gasteiger partial charge in [-0.3, -0.25) is 9.59 Å². The Bertz CT molecular complexity index is 973. The molecule has 2 aliphatic heterocycles. The molecule has 7 nitrogen and oxygen atoms in total. The third-order valence-corrected chi connectivity index (χ3v) is 7.71. The van der Waals surface area contributed by atoms with Crippen LogP contribution in [0.3, 0.4) is 0 Å². The van der Waals surface area contributed by atoms with Crippen LogP contribution in [0.1, 0.15) is 85.6 Å². The first-order chi connectivity index (χ1) is 16.7. The monoisotopic (exact) mass is 464 g/mol. The van der Waals surface area contributed by atoms with E-state index in [1.807, 2.05) is 27.7 Å². The number of imidazole rings is 1. The van der Waals surface area contributed by atoms with Gasteiger partial charge in [0, 0.05) is 25.0 Å². The number of benzene rings is 1. The highest BCUT2D eigenvalue weighted by molar-refractivity contribution is 5.93. The number of nitrogens with zero attached hydrogens (tertiary/aromatic N) is 3. The van der Waals surface area contributed by atoms with Crippen molar-refractivity contribution in [2.45, 2.75) is 83.1 Å². The van der Waals surface area contributed by atoms with Gasteiger partial charge < -0.3 is 19.5 Å². The van der Waals surface area contributed by atoms with E-state index in [4.69, 9.17) is 4.74 Å². The number of ether oxygens (including phenoxy) is 1. The Kier molecular flexibility index (Phi) is 7.28. The Morgan fingerprint density at radius 1 is 0.941 bits per heavy atom. The number of nitrogens with one attached hydrogen (secondary N) is 1. The van der Waals surface area contributed by atoms with Crippen LogP contribution in [-0.4, -0.2) is 45.4 Å². The zero-order valence-electron chi connectivity index (χ0n) is 20.0. The third-order valence-electron chi connectivity index (χ3n) is 7.71. The van der Waals surface area contributed by atoms with Gasteiger partial charge in [0.2, 0.25) is 5.91 Å². The van der Waals surface area contributed by atoms with Crippen LogP contribution in [-0.2, 0) is 22.7 Å². The van der Waals surface area contributed by atoms with E-state index < -0.39 is 0 Å². The predicted octanol–water partition coefficient (Wildman–Crippen LogP) is 4.24. The van der Waals surface area contributed by atoms with Crippen molar-refractivity contribution in [2.75, 3.05) is 13.1 Å². The Morgan fingerprint density at radius 3 is 2.38 bits per heavy atom. The van der Waals surface area contributed by atoms with E-state index in [9.17, 15) is 9.59 Å². The summed E-state index contributed by atoms with van der Waals surface area (Å²) in [5, 5.41) is 3.31. The number of rotatable bonds is 4. The lowest BCUT2D eigenvalue weighted by Crippen LogP contribution is -2.45. The Labute approximate surface area is 201 Å². The number of carbonyl (C=O) groups is 2. The first-order valence-corrected chi connectivity index (χ1v) is 13.0. The number of likely N-dealkylation sites (tertiary alicyclic amines) is 1. The van der Waals surface area contributed by atoms with Gasteiger partial charge in [-0.05, 0) is 31.2 Å². The zero-order valence-corrected chi connectivity index (χ0v) is 20.0. The van der Waals surface area contributed by atoms with Crippen molar-refractivity contribution >= 4 is 11.8 Å². The molecule has 7 heteroatoms. The Balaban J connectivity index is 1.15. The van der Waals surface area contributed by atoms with Gasteiger partial charge in [-0.1, -0.05) is 62.4 Å². The molecule has 0 unspecified atom stereocenters. The minimum Gasteiger partial charge on any atom is -0.365 e. The quantitative estimate of drug-likeness (QED) is 0.734. The van der Waals surface area contributed by atoms with Crippen molar-refractivity contribution in [2.24, 2.45) is 5.92 Å². The van der Waals surface area contributed by atoms with E-state index in [2.05, 4.69) is 22.4 Å². The van der Waals surface area contributed by atoms with E-state index in [1.54, 1.807) is 6.33 Å². The number of piperidine rings is 1. The minimum absolute atomic E-state index is 0.000339. The van der Waals surface area contributed by atoms with Crippen molar-refractivity contribution in [3.05, 3.63) is 53.6 Å². The molecular weight excluding hydrogens is 428 g/mol. The van der Waals surface area contributed by atoms with Gasteiger partial charge >= 0.3 is 0 Å². The molecule has 34 heavy (non-hydrogen) atoms. The number of fused-ring (bicyclic) bond motifs is 1. The average molecular weight is 465 g/mol. The van der Waals surface area contributed by atoms with Crippen molar-refractivity contribution in [1.82, 2.24) is 19.8 Å². The summed E-state index contributed by atoms with van der Waals surface area (Å²) >= 11 is 0. The standard InChI is InChI=1S/C27H36N4O3/c32-26(29-22-11-7-2-1-3-8-12-22)21-13-15-30(16-14-21)27(33)25-23-18-34-24(17-31(23)19-28-25)20-9-5-4-6-10-20/h4-6,9-10,19,21-22,24H,1-3,7-8,11-18H2,(H,29,32)/t24-/m0/s1. The van der Waals surface area contributed by atoms with Crippen LogP contribution in [0.5, 0.6) is 0 Å². The summed E-state index contributed by atoms with van der Waals surface area (Å²) in [6.07, 6.45) is 11.7. The van der Waals surface area contributed by atoms with Crippen LogP contribution in [0, 0.1) is 5.92 Å². The van der Waals surface area contributed by atoms with Crippen molar-refractivity contribution < 1.29 is 14.3 Å². The van der Waals surface area contributed by atoms with E-state index in [-0.39, 0.29) is 23.8 Å². The molecule has 2 aromatic rings. The third kappa shape index (κ3) is 5.19. The van der Waals surface area contributed by atoms with Crippen LogP contribution >= 0.6 is 0 Å². The Hall–Kier alpha value is -2.67. The van der Waals surface area contributed by atoms with Crippen molar-refractivity contribution in [3.8, 4) is 0 Å². The number of aromatic nitrogens is 2. The molecule has 5 rings (SSSR count). The molecule has 1 saturated carbocycles. The molecule has 182 valence electrons. The molecule has 2 amide bonds. The summed E-state index contributed by atoms with van der Waals surface area (Å²) in [5.74, 6) is 0.132. The molecule has 3 aliphatic rings. The Morgan fingerprint density at radius 2 is 1.65 bits per heavy atom. The summed E-state index contributed by atoms with van der Waals surface area (Å²) < 4.78 is 8.13. The highest BCUT2D eigenvalue weighted by Gasteiger charge is 2.32. The average Bonchev–Trinajstić information content (AvgIpc) is 3.29. The summed E-state index contributed by atoms with van der Waals surface area (Å²) in [4.78, 5) is 32.4. The predicted molar refractivity (Wildman–Crippen MR) is 129 cm³/mol. The largest absolute Gasteiger partial charge is 0.365 e. The second-order valence-corrected chi connectivity index (χ2v) is 10.0. The maximum atomic E-state index is 13.2. The number of hydrogen-bond donors (Lipinski definition) is 1. The normalized spacial score (nSPS) is 22.5. The van der Waals surface area contributed by atoms with Gasteiger partial charge in [-0.2, -0.15) is 0 Å². The molecule has 3 heterocycles. The van der Waals surface area contributed by atoms with Crippen molar-refractivity contribution in [3.63, 3.8) is 0 Å². The summed E-state index contributed by atoms with van der Waals surface area (Å²) in [6.45, 7) is 2.23. The molecule has 1 aromatic heterocycles. The zero-order chi connectivity index (χ0) is 23.3. The highest BCUT2D eigenvalue weighted by Crippen LogP contribution is 2.29. The van der Waals surface area contributed by atoms with Crippen LogP contribution in [0.25, 0.3) is 0 Å². The lowest BCUT2D eigenvalue weighted by Gasteiger charge is -2.32. The second kappa shape index (κ2) is 10.7. The van der Waals surface area contributed by atoms with E-state index in [0.717, 1.165) is 24.1 Å². The molecule has 1 saturated heterocycles. The fraction of sp³-hybridized carbons (Fsp3) is 0.593. The first-order valence-electron chi connectivity index (χ1n) is 13.0. The lowest BCUT2D eigenvalue weighted by molar-refractivity contribution is -0.127. The van der Waals surface area contributed by atoms with Crippen LogP contribution in [0.15, 0.2) is 36.7 Å². The molecule has 2 fully saturated rings. The first kappa shape index (κ1) is 23.1. The maximum absolute atomic E-state index is 13.2. The van der Waals surface area contributed by atoms with Gasteiger partial charge in [0.1, 0.15) is 6.10 Å². The maximum Gasteiger partial charge on any atom is 0.274 e. The van der Waals surface area contributed by atoms with Gasteiger partial charge in [0.15, 0.2) is 5.69 Å². The minimum atomic E-state index is -0.0469. The fourth-order valence-corrected chi connectivity index (χ4v) is 5.59. The van der Waals surface area contributed by atoms with E-state index in [1.165, 1.54) is 32.1 Å².